The highest BCUT2D eigenvalue weighted by molar-refractivity contribution is 7.99. The Hall–Kier alpha value is -1.79. The van der Waals surface area contributed by atoms with Gasteiger partial charge in [0.1, 0.15) is 21.9 Å². The molecule has 21 heavy (non-hydrogen) atoms. The zero-order chi connectivity index (χ0) is 14.7. The Balaban J connectivity index is 1.61. The number of anilines is 1. The molecule has 2 heterocycles. The number of benzene rings is 1. The Morgan fingerprint density at radius 1 is 1.29 bits per heavy atom. The first kappa shape index (κ1) is 14.2. The van der Waals surface area contributed by atoms with Gasteiger partial charge in [-0.15, -0.1) is 23.1 Å². The summed E-state index contributed by atoms with van der Waals surface area (Å²) in [5, 5.41) is 2.14. The lowest BCUT2D eigenvalue weighted by molar-refractivity contribution is 0.346. The van der Waals surface area contributed by atoms with Crippen LogP contribution in [0.5, 0.6) is 5.75 Å². The van der Waals surface area contributed by atoms with Crippen LogP contribution in [0.3, 0.4) is 0 Å². The van der Waals surface area contributed by atoms with Crippen molar-refractivity contribution in [2.24, 2.45) is 0 Å². The van der Waals surface area contributed by atoms with E-state index in [9.17, 15) is 0 Å². The van der Waals surface area contributed by atoms with Crippen molar-refractivity contribution in [2.45, 2.75) is 11.9 Å². The highest BCUT2D eigenvalue weighted by Crippen LogP contribution is 2.30. The summed E-state index contributed by atoms with van der Waals surface area (Å²) in [5.74, 6) is 1.55. The van der Waals surface area contributed by atoms with Gasteiger partial charge in [-0.25, -0.2) is 9.97 Å². The fourth-order valence-electron chi connectivity index (χ4n) is 1.97. The molecule has 3 aromatic rings. The zero-order valence-corrected chi connectivity index (χ0v) is 13.2. The smallest absolute Gasteiger partial charge is 0.142 e. The first-order valence-electron chi connectivity index (χ1n) is 6.55. The van der Waals surface area contributed by atoms with Gasteiger partial charge in [0.25, 0.3) is 0 Å². The number of hydrogen-bond donors (Lipinski definition) is 1. The first-order valence-corrected chi connectivity index (χ1v) is 8.35. The number of hydrogen-bond acceptors (Lipinski definition) is 6. The summed E-state index contributed by atoms with van der Waals surface area (Å²) in [6, 6.07) is 9.67. The summed E-state index contributed by atoms with van der Waals surface area (Å²) in [4.78, 5) is 10.9. The van der Waals surface area contributed by atoms with Crippen molar-refractivity contribution in [1.29, 1.82) is 0 Å². The van der Waals surface area contributed by atoms with Gasteiger partial charge in [-0.2, -0.15) is 0 Å². The standard InChI is InChI=1S/C15H15N3OS2/c1-10-8-11-14(17-9-18-15(11)21-10)20-7-6-19-13-5-3-2-4-12(13)16/h2-5,8-9H,6-7,16H2,1H3. The normalized spacial score (nSPS) is 10.9. The monoisotopic (exact) mass is 317 g/mol. The van der Waals surface area contributed by atoms with E-state index in [1.54, 1.807) is 29.4 Å². The number of ether oxygens (including phenoxy) is 1. The van der Waals surface area contributed by atoms with Crippen LogP contribution in [-0.4, -0.2) is 22.3 Å². The van der Waals surface area contributed by atoms with Gasteiger partial charge in [0.05, 0.1) is 12.3 Å². The Kier molecular flexibility index (Phi) is 4.26. The molecule has 0 amide bonds. The summed E-state index contributed by atoms with van der Waals surface area (Å²) < 4.78 is 5.69. The zero-order valence-electron chi connectivity index (χ0n) is 11.6. The van der Waals surface area contributed by atoms with Crippen LogP contribution in [0.1, 0.15) is 4.88 Å². The van der Waals surface area contributed by atoms with Crippen molar-refractivity contribution in [3.05, 3.63) is 41.5 Å². The summed E-state index contributed by atoms with van der Waals surface area (Å²) in [6.45, 7) is 2.68. The Bertz CT molecular complexity index is 758. The van der Waals surface area contributed by atoms with Crippen molar-refractivity contribution in [1.82, 2.24) is 9.97 Å². The minimum absolute atomic E-state index is 0.591. The van der Waals surface area contributed by atoms with Crippen LogP contribution in [0.15, 0.2) is 41.7 Å². The Labute approximate surface area is 131 Å². The SMILES string of the molecule is Cc1cc2c(SCCOc3ccccc3N)ncnc2s1. The second-order valence-corrected chi connectivity index (χ2v) is 6.81. The van der Waals surface area contributed by atoms with E-state index in [0.29, 0.717) is 12.3 Å². The molecule has 4 nitrogen and oxygen atoms in total. The predicted molar refractivity (Wildman–Crippen MR) is 89.2 cm³/mol. The van der Waals surface area contributed by atoms with Crippen molar-refractivity contribution in [3.8, 4) is 5.75 Å². The third kappa shape index (κ3) is 3.28. The average molecular weight is 317 g/mol. The molecule has 0 fully saturated rings. The lowest BCUT2D eigenvalue weighted by Gasteiger charge is -2.08. The second kappa shape index (κ2) is 6.32. The fourth-order valence-corrected chi connectivity index (χ4v) is 3.68. The van der Waals surface area contributed by atoms with Gasteiger partial charge in [0, 0.05) is 16.0 Å². The molecular weight excluding hydrogens is 302 g/mol. The Morgan fingerprint density at radius 2 is 2.14 bits per heavy atom. The van der Waals surface area contributed by atoms with Crippen molar-refractivity contribution in [3.63, 3.8) is 0 Å². The highest BCUT2D eigenvalue weighted by atomic mass is 32.2. The lowest BCUT2D eigenvalue weighted by Crippen LogP contribution is -2.02. The number of rotatable bonds is 5. The van der Waals surface area contributed by atoms with Crippen LogP contribution in [0, 0.1) is 6.92 Å². The fraction of sp³-hybridized carbons (Fsp3) is 0.200. The molecule has 0 aliphatic carbocycles. The molecule has 1 aromatic carbocycles. The van der Waals surface area contributed by atoms with Crippen LogP contribution < -0.4 is 10.5 Å². The van der Waals surface area contributed by atoms with Gasteiger partial charge >= 0.3 is 0 Å². The summed E-state index contributed by atoms with van der Waals surface area (Å²) in [7, 11) is 0. The van der Waals surface area contributed by atoms with Crippen molar-refractivity contribution in [2.75, 3.05) is 18.1 Å². The average Bonchev–Trinajstić information content (AvgIpc) is 2.86. The second-order valence-electron chi connectivity index (χ2n) is 4.49. The van der Waals surface area contributed by atoms with E-state index in [0.717, 1.165) is 26.7 Å². The molecule has 2 aromatic heterocycles. The predicted octanol–water partition coefficient (Wildman–Crippen LogP) is 3.75. The minimum Gasteiger partial charge on any atom is -0.491 e. The third-order valence-corrected chi connectivity index (χ3v) is 4.84. The molecular formula is C15H15N3OS2. The van der Waals surface area contributed by atoms with E-state index >= 15 is 0 Å². The molecule has 0 unspecified atom stereocenters. The molecule has 0 spiro atoms. The molecule has 2 N–H and O–H groups in total. The van der Waals surface area contributed by atoms with Gasteiger partial charge in [-0.3, -0.25) is 0 Å². The molecule has 0 aliphatic rings. The maximum Gasteiger partial charge on any atom is 0.142 e. The van der Waals surface area contributed by atoms with Crippen molar-refractivity contribution < 1.29 is 4.74 Å². The highest BCUT2D eigenvalue weighted by Gasteiger charge is 2.07. The van der Waals surface area contributed by atoms with Gasteiger partial charge in [0.15, 0.2) is 0 Å². The summed E-state index contributed by atoms with van der Waals surface area (Å²) in [5.41, 5.74) is 6.51. The van der Waals surface area contributed by atoms with Gasteiger partial charge in [0.2, 0.25) is 0 Å². The van der Waals surface area contributed by atoms with Gasteiger partial charge in [-0.1, -0.05) is 12.1 Å². The quantitative estimate of drug-likeness (QED) is 0.336. The molecule has 0 aliphatic heterocycles. The molecule has 0 saturated carbocycles. The molecule has 0 radical (unpaired) electrons. The number of aromatic nitrogens is 2. The number of nitrogens with two attached hydrogens (primary N) is 1. The number of nitrogens with zero attached hydrogens (tertiary/aromatic N) is 2. The van der Waals surface area contributed by atoms with E-state index in [2.05, 4.69) is 23.0 Å². The molecule has 108 valence electrons. The number of para-hydroxylation sites is 2. The Morgan fingerprint density at radius 3 is 3.00 bits per heavy atom. The molecule has 3 rings (SSSR count). The van der Waals surface area contributed by atoms with E-state index in [4.69, 9.17) is 10.5 Å². The number of thiophene rings is 1. The molecule has 0 atom stereocenters. The van der Waals surface area contributed by atoms with Crippen LogP contribution in [0.25, 0.3) is 10.2 Å². The van der Waals surface area contributed by atoms with E-state index in [1.165, 1.54) is 4.88 Å². The largest absolute Gasteiger partial charge is 0.491 e. The number of nitrogen functional groups attached to an aromatic ring is 1. The van der Waals surface area contributed by atoms with E-state index < -0.39 is 0 Å². The van der Waals surface area contributed by atoms with Crippen LogP contribution in [-0.2, 0) is 0 Å². The third-order valence-electron chi connectivity index (χ3n) is 2.91. The van der Waals surface area contributed by atoms with Gasteiger partial charge in [-0.05, 0) is 25.1 Å². The topological polar surface area (TPSA) is 61.0 Å². The summed E-state index contributed by atoms with van der Waals surface area (Å²) >= 11 is 3.37. The summed E-state index contributed by atoms with van der Waals surface area (Å²) in [6.07, 6.45) is 1.62. The van der Waals surface area contributed by atoms with Crippen LogP contribution >= 0.6 is 23.1 Å². The molecule has 6 heteroatoms. The number of fused-ring (bicyclic) bond motifs is 1. The van der Waals surface area contributed by atoms with E-state index in [1.807, 2.05) is 24.3 Å². The maximum absolute atomic E-state index is 5.84. The number of aryl methyl sites for hydroxylation is 1. The van der Waals surface area contributed by atoms with Crippen LogP contribution in [0.2, 0.25) is 0 Å². The van der Waals surface area contributed by atoms with Crippen molar-refractivity contribution >= 4 is 39.0 Å². The van der Waals surface area contributed by atoms with Crippen LogP contribution in [0.4, 0.5) is 5.69 Å². The van der Waals surface area contributed by atoms with Gasteiger partial charge < -0.3 is 10.5 Å². The molecule has 0 saturated heterocycles. The maximum atomic E-state index is 5.84. The molecule has 0 bridgehead atoms. The first-order chi connectivity index (χ1) is 10.2. The van der Waals surface area contributed by atoms with E-state index in [-0.39, 0.29) is 0 Å². The lowest BCUT2D eigenvalue weighted by atomic mass is 10.3. The minimum atomic E-state index is 0.591. The number of thioether (sulfide) groups is 1.